The van der Waals surface area contributed by atoms with Crippen LogP contribution in [0.25, 0.3) is 6.08 Å². The van der Waals surface area contributed by atoms with Crippen molar-refractivity contribution in [1.82, 2.24) is 0 Å². The lowest BCUT2D eigenvalue weighted by molar-refractivity contribution is -0.141. The number of thioether (sulfide) groups is 1. The third-order valence-corrected chi connectivity index (χ3v) is 5.99. The number of hydrogen-bond acceptors (Lipinski definition) is 5. The highest BCUT2D eigenvalue weighted by Gasteiger charge is 2.44. The Morgan fingerprint density at radius 1 is 1.48 bits per heavy atom. The average Bonchev–Trinajstić information content (AvgIpc) is 3.04. The van der Waals surface area contributed by atoms with Crippen LogP contribution in [0.15, 0.2) is 18.2 Å². The summed E-state index contributed by atoms with van der Waals surface area (Å²) >= 11 is 3.43. The standard InChI is InChI=1S/C15H18O4S2/c1-19-14(18)8-15(6-7-15)10-20-9-12-3-2-11(21-12)4-5-13(16)17/h2-5H,6-10H2,1H3,(H,16,17)/b5-4+. The van der Waals surface area contributed by atoms with Gasteiger partial charge in [-0.25, -0.2) is 4.79 Å². The maximum Gasteiger partial charge on any atom is 0.328 e. The fourth-order valence-corrected chi connectivity index (χ4v) is 4.43. The van der Waals surface area contributed by atoms with E-state index >= 15 is 0 Å². The van der Waals surface area contributed by atoms with Gasteiger partial charge >= 0.3 is 11.9 Å². The van der Waals surface area contributed by atoms with Crippen LogP contribution in [0.1, 0.15) is 29.0 Å². The molecule has 1 aromatic rings. The van der Waals surface area contributed by atoms with Crippen molar-refractivity contribution in [3.05, 3.63) is 28.0 Å². The van der Waals surface area contributed by atoms with E-state index in [4.69, 9.17) is 9.84 Å². The molecule has 1 aliphatic carbocycles. The van der Waals surface area contributed by atoms with Gasteiger partial charge in [-0.1, -0.05) is 0 Å². The van der Waals surface area contributed by atoms with Crippen molar-refractivity contribution in [1.29, 1.82) is 0 Å². The van der Waals surface area contributed by atoms with Crippen LogP contribution >= 0.6 is 23.1 Å². The normalized spacial score (nSPS) is 16.0. The van der Waals surface area contributed by atoms with Crippen LogP contribution < -0.4 is 0 Å². The molecule has 1 aliphatic rings. The molecule has 0 unspecified atom stereocenters. The molecule has 6 heteroatoms. The first kappa shape index (κ1) is 16.1. The van der Waals surface area contributed by atoms with Gasteiger partial charge in [0.25, 0.3) is 0 Å². The third-order valence-electron chi connectivity index (χ3n) is 3.43. The van der Waals surface area contributed by atoms with Gasteiger partial charge in [0.1, 0.15) is 0 Å². The summed E-state index contributed by atoms with van der Waals surface area (Å²) in [5.41, 5.74) is 0.154. The maximum absolute atomic E-state index is 11.3. The first-order valence-electron chi connectivity index (χ1n) is 6.67. The lowest BCUT2D eigenvalue weighted by Crippen LogP contribution is -2.13. The summed E-state index contributed by atoms with van der Waals surface area (Å²) in [5, 5.41) is 8.59. The van der Waals surface area contributed by atoms with Gasteiger partial charge in [0, 0.05) is 21.6 Å². The van der Waals surface area contributed by atoms with E-state index in [2.05, 4.69) is 0 Å². The third kappa shape index (κ3) is 5.21. The number of aliphatic carboxylic acids is 1. The summed E-state index contributed by atoms with van der Waals surface area (Å²) in [7, 11) is 1.43. The van der Waals surface area contributed by atoms with E-state index in [1.54, 1.807) is 17.4 Å². The lowest BCUT2D eigenvalue weighted by atomic mass is 10.1. The number of carboxylic acids is 1. The summed E-state index contributed by atoms with van der Waals surface area (Å²) in [5.74, 6) is 0.817. The molecule has 1 fully saturated rings. The summed E-state index contributed by atoms with van der Waals surface area (Å²) in [4.78, 5) is 24.0. The topological polar surface area (TPSA) is 63.6 Å². The van der Waals surface area contributed by atoms with E-state index < -0.39 is 5.97 Å². The fourth-order valence-electron chi connectivity index (χ4n) is 2.01. The van der Waals surface area contributed by atoms with Crippen LogP contribution in [0.3, 0.4) is 0 Å². The number of carboxylic acid groups (broad SMARTS) is 1. The van der Waals surface area contributed by atoms with E-state index in [0.29, 0.717) is 6.42 Å². The van der Waals surface area contributed by atoms with Crippen molar-refractivity contribution in [2.45, 2.75) is 25.0 Å². The van der Waals surface area contributed by atoms with Gasteiger partial charge < -0.3 is 9.84 Å². The van der Waals surface area contributed by atoms with Gasteiger partial charge in [-0.05, 0) is 42.2 Å². The molecule has 114 valence electrons. The molecule has 0 amide bonds. The molecule has 0 aromatic carbocycles. The number of carbonyl (C=O) groups excluding carboxylic acids is 1. The Morgan fingerprint density at radius 2 is 2.24 bits per heavy atom. The Kier molecular flexibility index (Phi) is 5.47. The van der Waals surface area contributed by atoms with E-state index in [1.807, 2.05) is 23.9 Å². The second-order valence-corrected chi connectivity index (χ2v) is 7.41. The second kappa shape index (κ2) is 7.13. The molecule has 1 saturated carbocycles. The minimum atomic E-state index is -0.933. The van der Waals surface area contributed by atoms with E-state index in [9.17, 15) is 9.59 Å². The molecule has 2 rings (SSSR count). The Hall–Kier alpha value is -1.27. The highest BCUT2D eigenvalue weighted by molar-refractivity contribution is 7.98. The number of thiophene rings is 1. The van der Waals surface area contributed by atoms with Gasteiger partial charge in [-0.15, -0.1) is 11.3 Å². The Balaban J connectivity index is 1.76. The molecule has 4 nitrogen and oxygen atoms in total. The van der Waals surface area contributed by atoms with Crippen molar-refractivity contribution < 1.29 is 19.4 Å². The average molecular weight is 326 g/mol. The van der Waals surface area contributed by atoms with E-state index in [0.717, 1.165) is 35.3 Å². The SMILES string of the molecule is COC(=O)CC1(CSCc2ccc(/C=C/C(=O)O)s2)CC1. The van der Waals surface area contributed by atoms with Crippen LogP contribution in [-0.2, 0) is 20.1 Å². The molecule has 0 bridgehead atoms. The number of ether oxygens (including phenoxy) is 1. The van der Waals surface area contributed by atoms with Gasteiger partial charge in [-0.2, -0.15) is 11.8 Å². The first-order chi connectivity index (χ1) is 10.0. The number of rotatable bonds is 8. The second-order valence-electron chi connectivity index (χ2n) is 5.22. The lowest BCUT2D eigenvalue weighted by Gasteiger charge is -2.12. The van der Waals surface area contributed by atoms with Crippen molar-refractivity contribution >= 4 is 41.1 Å². The van der Waals surface area contributed by atoms with Gasteiger partial charge in [-0.3, -0.25) is 4.79 Å². The van der Waals surface area contributed by atoms with Crippen molar-refractivity contribution in [2.75, 3.05) is 12.9 Å². The molecule has 1 N–H and O–H groups in total. The molecular weight excluding hydrogens is 308 g/mol. The van der Waals surface area contributed by atoms with Gasteiger partial charge in [0.15, 0.2) is 0 Å². The molecule has 1 aromatic heterocycles. The number of hydrogen-bond donors (Lipinski definition) is 1. The smallest absolute Gasteiger partial charge is 0.328 e. The molecule has 0 radical (unpaired) electrons. The minimum absolute atomic E-state index is 0.120. The fraction of sp³-hybridized carbons (Fsp3) is 0.467. The first-order valence-corrected chi connectivity index (χ1v) is 8.64. The van der Waals surface area contributed by atoms with E-state index in [-0.39, 0.29) is 11.4 Å². The zero-order valence-corrected chi connectivity index (χ0v) is 13.5. The van der Waals surface area contributed by atoms with Crippen LogP contribution in [0, 0.1) is 5.41 Å². The van der Waals surface area contributed by atoms with Crippen LogP contribution in [-0.4, -0.2) is 29.9 Å². The summed E-state index contributed by atoms with van der Waals surface area (Å²) in [6.45, 7) is 0. The molecule has 21 heavy (non-hydrogen) atoms. The van der Waals surface area contributed by atoms with Crippen LogP contribution in [0.5, 0.6) is 0 Å². The van der Waals surface area contributed by atoms with Gasteiger partial charge in [0.05, 0.1) is 13.5 Å². The molecule has 0 saturated heterocycles. The van der Waals surface area contributed by atoms with Crippen molar-refractivity contribution in [3.8, 4) is 0 Å². The quantitative estimate of drug-likeness (QED) is 0.586. The molecule has 0 spiro atoms. The Morgan fingerprint density at radius 3 is 2.86 bits per heavy atom. The van der Waals surface area contributed by atoms with Gasteiger partial charge in [0.2, 0.25) is 0 Å². The highest BCUT2D eigenvalue weighted by Crippen LogP contribution is 2.51. The predicted molar refractivity (Wildman–Crippen MR) is 85.5 cm³/mol. The minimum Gasteiger partial charge on any atom is -0.478 e. The zero-order chi connectivity index (χ0) is 15.3. The molecule has 0 atom stereocenters. The number of carbonyl (C=O) groups is 2. The summed E-state index contributed by atoms with van der Waals surface area (Å²) < 4.78 is 4.74. The maximum atomic E-state index is 11.3. The van der Waals surface area contributed by atoms with Crippen LogP contribution in [0.4, 0.5) is 0 Å². The zero-order valence-electron chi connectivity index (χ0n) is 11.8. The van der Waals surface area contributed by atoms with Crippen molar-refractivity contribution in [2.24, 2.45) is 5.41 Å². The molecular formula is C15H18O4S2. The molecule has 0 aliphatic heterocycles. The number of methoxy groups -OCH3 is 1. The Bertz CT molecular complexity index is 544. The van der Waals surface area contributed by atoms with E-state index in [1.165, 1.54) is 12.0 Å². The Labute approximate surface area is 132 Å². The monoisotopic (exact) mass is 326 g/mol. The number of esters is 1. The van der Waals surface area contributed by atoms with Crippen LogP contribution in [0.2, 0.25) is 0 Å². The summed E-state index contributed by atoms with van der Waals surface area (Å²) in [6.07, 6.45) is 5.49. The summed E-state index contributed by atoms with van der Waals surface area (Å²) in [6, 6.07) is 3.96. The largest absolute Gasteiger partial charge is 0.478 e. The molecule has 1 heterocycles. The predicted octanol–water partition coefficient (Wildman–Crippen LogP) is 3.42. The highest BCUT2D eigenvalue weighted by atomic mass is 32.2. The van der Waals surface area contributed by atoms with Crippen molar-refractivity contribution in [3.63, 3.8) is 0 Å².